The lowest BCUT2D eigenvalue weighted by molar-refractivity contribution is 0.246. The van der Waals surface area contributed by atoms with Gasteiger partial charge in [0.1, 0.15) is 11.6 Å². The highest BCUT2D eigenvalue weighted by molar-refractivity contribution is 5.34. The second kappa shape index (κ2) is 8.45. The van der Waals surface area contributed by atoms with E-state index in [1.54, 1.807) is 0 Å². The van der Waals surface area contributed by atoms with Crippen molar-refractivity contribution in [1.29, 1.82) is 0 Å². The molecule has 0 amide bonds. The molecule has 134 valence electrons. The summed E-state index contributed by atoms with van der Waals surface area (Å²) < 4.78 is 27.1. The molecule has 1 atom stereocenters. The lowest BCUT2D eigenvalue weighted by atomic mass is 9.78. The maximum absolute atomic E-state index is 13.8. The van der Waals surface area contributed by atoms with Crippen LogP contribution in [0.3, 0.4) is 0 Å². The summed E-state index contributed by atoms with van der Waals surface area (Å²) in [6, 6.07) is 2.57. The zero-order chi connectivity index (χ0) is 16.9. The summed E-state index contributed by atoms with van der Waals surface area (Å²) in [4.78, 5) is 0. The molecular weight excluding hydrogens is 302 g/mol. The van der Waals surface area contributed by atoms with E-state index in [0.717, 1.165) is 41.9 Å². The molecule has 0 nitrogen and oxygen atoms in total. The Morgan fingerprint density at radius 2 is 1.46 bits per heavy atom. The van der Waals surface area contributed by atoms with Gasteiger partial charge in [-0.25, -0.2) is 8.78 Å². The molecule has 1 fully saturated rings. The Balaban J connectivity index is 1.33. The van der Waals surface area contributed by atoms with Crippen molar-refractivity contribution in [3.05, 3.63) is 34.9 Å². The van der Waals surface area contributed by atoms with Crippen LogP contribution in [-0.2, 0) is 12.8 Å². The lowest BCUT2D eigenvalue weighted by Gasteiger charge is -2.28. The van der Waals surface area contributed by atoms with Crippen LogP contribution in [0.5, 0.6) is 0 Å². The van der Waals surface area contributed by atoms with Crippen molar-refractivity contribution in [3.63, 3.8) is 0 Å². The van der Waals surface area contributed by atoms with Gasteiger partial charge in [0.25, 0.3) is 0 Å². The Labute approximate surface area is 146 Å². The van der Waals surface area contributed by atoms with Crippen molar-refractivity contribution < 1.29 is 8.78 Å². The molecule has 2 aliphatic carbocycles. The standard InChI is InChI=1S/C22H32F2/c1-2-5-16-8-10-17(11-9-16)6-3-4-7-18-12-19-14-20(23)15-22(24)21(19)13-18/h14-18H,2-13H2,1H3. The molecule has 0 bridgehead atoms. The highest BCUT2D eigenvalue weighted by atomic mass is 19.1. The van der Waals surface area contributed by atoms with Gasteiger partial charge < -0.3 is 0 Å². The Morgan fingerprint density at radius 3 is 2.12 bits per heavy atom. The van der Waals surface area contributed by atoms with E-state index >= 15 is 0 Å². The van der Waals surface area contributed by atoms with Crippen LogP contribution in [0.4, 0.5) is 8.78 Å². The second-order valence-electron chi connectivity index (χ2n) is 8.26. The number of unbranched alkanes of at least 4 members (excludes halogenated alkanes) is 1. The van der Waals surface area contributed by atoms with Gasteiger partial charge in [0.15, 0.2) is 0 Å². The molecule has 0 aromatic heterocycles. The number of benzene rings is 1. The monoisotopic (exact) mass is 334 g/mol. The first kappa shape index (κ1) is 17.9. The van der Waals surface area contributed by atoms with E-state index in [2.05, 4.69) is 6.92 Å². The summed E-state index contributed by atoms with van der Waals surface area (Å²) in [5.41, 5.74) is 1.68. The van der Waals surface area contributed by atoms with E-state index in [1.165, 1.54) is 70.3 Å². The first-order chi connectivity index (χ1) is 11.7. The van der Waals surface area contributed by atoms with Crippen LogP contribution in [0.15, 0.2) is 12.1 Å². The van der Waals surface area contributed by atoms with Gasteiger partial charge in [0, 0.05) is 6.07 Å². The van der Waals surface area contributed by atoms with Crippen LogP contribution in [0.25, 0.3) is 0 Å². The molecule has 0 spiro atoms. The first-order valence-corrected chi connectivity index (χ1v) is 10.1. The first-order valence-electron chi connectivity index (χ1n) is 10.1. The van der Waals surface area contributed by atoms with Crippen molar-refractivity contribution in [3.8, 4) is 0 Å². The van der Waals surface area contributed by atoms with Crippen molar-refractivity contribution >= 4 is 0 Å². The number of hydrogen-bond donors (Lipinski definition) is 0. The Morgan fingerprint density at radius 1 is 0.833 bits per heavy atom. The molecule has 0 aliphatic heterocycles. The number of rotatable bonds is 7. The SMILES string of the molecule is CCCC1CCC(CCCCC2Cc3cc(F)cc(F)c3C2)CC1. The van der Waals surface area contributed by atoms with Crippen LogP contribution in [0.2, 0.25) is 0 Å². The van der Waals surface area contributed by atoms with Gasteiger partial charge in [-0.3, -0.25) is 0 Å². The van der Waals surface area contributed by atoms with E-state index in [4.69, 9.17) is 0 Å². The van der Waals surface area contributed by atoms with Gasteiger partial charge in [-0.05, 0) is 54.2 Å². The molecule has 0 radical (unpaired) electrons. The second-order valence-corrected chi connectivity index (χ2v) is 8.26. The predicted octanol–water partition coefficient (Wildman–Crippen LogP) is 6.85. The molecule has 2 heteroatoms. The molecule has 0 saturated heterocycles. The lowest BCUT2D eigenvalue weighted by Crippen LogP contribution is -2.14. The van der Waals surface area contributed by atoms with Crippen molar-refractivity contribution in [1.82, 2.24) is 0 Å². The minimum Gasteiger partial charge on any atom is -0.207 e. The maximum Gasteiger partial charge on any atom is 0.129 e. The van der Waals surface area contributed by atoms with Crippen molar-refractivity contribution in [2.75, 3.05) is 0 Å². The van der Waals surface area contributed by atoms with Gasteiger partial charge in [0.05, 0.1) is 0 Å². The molecule has 2 aliphatic rings. The summed E-state index contributed by atoms with van der Waals surface area (Å²) in [5, 5.41) is 0. The van der Waals surface area contributed by atoms with E-state index in [0.29, 0.717) is 5.92 Å². The van der Waals surface area contributed by atoms with Crippen LogP contribution in [0, 0.1) is 29.4 Å². The highest BCUT2D eigenvalue weighted by Crippen LogP contribution is 2.35. The molecule has 1 aromatic carbocycles. The number of halogens is 2. The van der Waals surface area contributed by atoms with Gasteiger partial charge in [-0.1, -0.05) is 64.7 Å². The zero-order valence-electron chi connectivity index (χ0n) is 15.1. The maximum atomic E-state index is 13.8. The fourth-order valence-electron chi connectivity index (χ4n) is 5.03. The predicted molar refractivity (Wildman–Crippen MR) is 96.1 cm³/mol. The molecule has 1 saturated carbocycles. The van der Waals surface area contributed by atoms with Gasteiger partial charge >= 0.3 is 0 Å². The quantitative estimate of drug-likeness (QED) is 0.478. The number of fused-ring (bicyclic) bond motifs is 1. The molecule has 3 rings (SSSR count). The summed E-state index contributed by atoms with van der Waals surface area (Å²) in [6.07, 6.45) is 15.3. The largest absolute Gasteiger partial charge is 0.207 e. The molecule has 1 unspecified atom stereocenters. The van der Waals surface area contributed by atoms with Crippen LogP contribution < -0.4 is 0 Å². The van der Waals surface area contributed by atoms with Crippen molar-refractivity contribution in [2.45, 2.75) is 84.0 Å². The number of hydrogen-bond acceptors (Lipinski definition) is 0. The summed E-state index contributed by atoms with van der Waals surface area (Å²) in [5.74, 6) is 1.71. The third kappa shape index (κ3) is 4.58. The average molecular weight is 334 g/mol. The van der Waals surface area contributed by atoms with Crippen LogP contribution >= 0.6 is 0 Å². The van der Waals surface area contributed by atoms with E-state index in [9.17, 15) is 8.78 Å². The Kier molecular flexibility index (Phi) is 6.30. The van der Waals surface area contributed by atoms with Gasteiger partial charge in [-0.2, -0.15) is 0 Å². The molecule has 1 aromatic rings. The van der Waals surface area contributed by atoms with E-state index < -0.39 is 5.82 Å². The Hall–Kier alpha value is -0.920. The van der Waals surface area contributed by atoms with E-state index in [-0.39, 0.29) is 5.82 Å². The third-order valence-corrected chi connectivity index (χ3v) is 6.39. The molecular formula is C22H32F2. The van der Waals surface area contributed by atoms with Crippen molar-refractivity contribution in [2.24, 2.45) is 17.8 Å². The smallest absolute Gasteiger partial charge is 0.129 e. The summed E-state index contributed by atoms with van der Waals surface area (Å²) in [7, 11) is 0. The Bertz CT molecular complexity index is 529. The fraction of sp³-hybridized carbons (Fsp3) is 0.727. The molecule has 0 N–H and O–H groups in total. The van der Waals surface area contributed by atoms with Crippen LogP contribution in [-0.4, -0.2) is 0 Å². The topological polar surface area (TPSA) is 0 Å². The minimum atomic E-state index is -0.425. The zero-order valence-corrected chi connectivity index (χ0v) is 15.1. The van der Waals surface area contributed by atoms with E-state index in [1.807, 2.05) is 0 Å². The summed E-state index contributed by atoms with van der Waals surface area (Å²) >= 11 is 0. The molecule has 0 heterocycles. The fourth-order valence-corrected chi connectivity index (χ4v) is 5.03. The third-order valence-electron chi connectivity index (χ3n) is 6.39. The minimum absolute atomic E-state index is 0.337. The average Bonchev–Trinajstić information content (AvgIpc) is 2.96. The highest BCUT2D eigenvalue weighted by Gasteiger charge is 2.25. The summed E-state index contributed by atoms with van der Waals surface area (Å²) in [6.45, 7) is 2.30. The normalized spacial score (nSPS) is 26.5. The molecule has 24 heavy (non-hydrogen) atoms. The van der Waals surface area contributed by atoms with Gasteiger partial charge in [0.2, 0.25) is 0 Å². The van der Waals surface area contributed by atoms with Crippen LogP contribution in [0.1, 0.15) is 82.3 Å². The van der Waals surface area contributed by atoms with Gasteiger partial charge in [-0.15, -0.1) is 0 Å².